The van der Waals surface area contributed by atoms with Crippen LogP contribution in [0.2, 0.25) is 0 Å². The van der Waals surface area contributed by atoms with Gasteiger partial charge in [-0.25, -0.2) is 0 Å². The molecule has 106 valence electrons. The Hall–Kier alpha value is -1.11. The number of aliphatic imine (C=N–C) groups is 1. The van der Waals surface area contributed by atoms with Crippen molar-refractivity contribution in [1.82, 2.24) is 9.80 Å². The summed E-state index contributed by atoms with van der Waals surface area (Å²) in [5, 5.41) is 2.91. The molecule has 0 bridgehead atoms. The van der Waals surface area contributed by atoms with Crippen molar-refractivity contribution in [3.05, 3.63) is 26.8 Å². The van der Waals surface area contributed by atoms with Gasteiger partial charge in [-0.2, -0.15) is 4.99 Å². The van der Waals surface area contributed by atoms with Gasteiger partial charge in [0.05, 0.1) is 4.91 Å². The number of thioether (sulfide) groups is 1. The van der Waals surface area contributed by atoms with E-state index in [0.29, 0.717) is 0 Å². The number of hydrogen-bond acceptors (Lipinski definition) is 5. The topological polar surface area (TPSA) is 35.9 Å². The van der Waals surface area contributed by atoms with Gasteiger partial charge < -0.3 is 9.80 Å². The van der Waals surface area contributed by atoms with Crippen LogP contribution in [-0.2, 0) is 4.79 Å². The average molecular weight is 307 g/mol. The highest BCUT2D eigenvalue weighted by atomic mass is 32.2. The Kier molecular flexibility index (Phi) is 3.96. The number of hydrogen-bond donors (Lipinski definition) is 0. The zero-order chi connectivity index (χ0) is 14.1. The number of rotatable bonds is 1. The van der Waals surface area contributed by atoms with E-state index in [1.165, 1.54) is 17.3 Å². The summed E-state index contributed by atoms with van der Waals surface area (Å²) >= 11 is 3.17. The van der Waals surface area contributed by atoms with Crippen molar-refractivity contribution >= 4 is 40.2 Å². The lowest BCUT2D eigenvalue weighted by molar-refractivity contribution is -0.113. The van der Waals surface area contributed by atoms with Gasteiger partial charge in [-0.1, -0.05) is 0 Å². The van der Waals surface area contributed by atoms with Crippen molar-refractivity contribution < 1.29 is 4.79 Å². The molecule has 6 heteroatoms. The van der Waals surface area contributed by atoms with Crippen LogP contribution in [0.4, 0.5) is 0 Å². The number of thiophene rings is 1. The summed E-state index contributed by atoms with van der Waals surface area (Å²) in [7, 11) is 2.12. The number of aryl methyl sites for hydroxylation is 1. The van der Waals surface area contributed by atoms with Gasteiger partial charge in [0.15, 0.2) is 5.17 Å². The molecule has 1 amide bonds. The third-order valence-corrected chi connectivity index (χ3v) is 5.56. The first-order chi connectivity index (χ1) is 9.63. The summed E-state index contributed by atoms with van der Waals surface area (Å²) < 4.78 is 0. The Labute approximate surface area is 127 Å². The van der Waals surface area contributed by atoms with E-state index in [9.17, 15) is 4.79 Å². The fourth-order valence-electron chi connectivity index (χ4n) is 2.18. The fourth-order valence-corrected chi connectivity index (χ4v) is 4.06. The Morgan fingerprint density at radius 2 is 2.05 bits per heavy atom. The smallest absolute Gasteiger partial charge is 0.286 e. The monoisotopic (exact) mass is 307 g/mol. The molecular formula is C14H17N3OS2. The highest BCUT2D eigenvalue weighted by Gasteiger charge is 2.27. The molecular weight excluding hydrogens is 290 g/mol. The summed E-state index contributed by atoms with van der Waals surface area (Å²) in [4.78, 5) is 22.6. The van der Waals surface area contributed by atoms with Crippen LogP contribution in [0.3, 0.4) is 0 Å². The quantitative estimate of drug-likeness (QED) is 0.746. The molecule has 3 heterocycles. The van der Waals surface area contributed by atoms with Gasteiger partial charge in [-0.3, -0.25) is 4.79 Å². The molecule has 1 saturated heterocycles. The molecule has 20 heavy (non-hydrogen) atoms. The van der Waals surface area contributed by atoms with Gasteiger partial charge in [0, 0.05) is 31.1 Å². The molecule has 0 aromatic carbocycles. The van der Waals surface area contributed by atoms with Gasteiger partial charge in [0.1, 0.15) is 0 Å². The molecule has 0 N–H and O–H groups in total. The van der Waals surface area contributed by atoms with Crippen LogP contribution in [-0.4, -0.2) is 54.1 Å². The van der Waals surface area contributed by atoms with E-state index in [1.54, 1.807) is 11.3 Å². The van der Waals surface area contributed by atoms with Gasteiger partial charge in [0.25, 0.3) is 5.91 Å². The summed E-state index contributed by atoms with van der Waals surface area (Å²) in [6.45, 7) is 6.00. The molecule has 1 fully saturated rings. The zero-order valence-corrected chi connectivity index (χ0v) is 13.3. The van der Waals surface area contributed by atoms with Gasteiger partial charge in [-0.05, 0) is 48.8 Å². The summed E-state index contributed by atoms with van der Waals surface area (Å²) in [5.74, 6) is -0.100. The Bertz CT molecular complexity index is 583. The van der Waals surface area contributed by atoms with Crippen molar-refractivity contribution in [2.75, 3.05) is 33.2 Å². The predicted octanol–water partition coefficient (Wildman–Crippen LogP) is 2.27. The van der Waals surface area contributed by atoms with Crippen molar-refractivity contribution in [3.8, 4) is 0 Å². The molecule has 0 aliphatic carbocycles. The SMILES string of the molecule is Cc1ccsc1C=C1SC(N2CCN(C)CC2)=NC1=O. The summed E-state index contributed by atoms with van der Waals surface area (Å²) in [5.41, 5.74) is 1.21. The van der Waals surface area contributed by atoms with E-state index in [4.69, 9.17) is 0 Å². The van der Waals surface area contributed by atoms with Gasteiger partial charge in [0.2, 0.25) is 0 Å². The van der Waals surface area contributed by atoms with Crippen LogP contribution >= 0.6 is 23.1 Å². The zero-order valence-electron chi connectivity index (χ0n) is 11.6. The first kappa shape index (κ1) is 13.9. The predicted molar refractivity (Wildman–Crippen MR) is 86.1 cm³/mol. The average Bonchev–Trinajstić information content (AvgIpc) is 2.99. The van der Waals surface area contributed by atoms with E-state index in [1.807, 2.05) is 11.5 Å². The Morgan fingerprint density at radius 3 is 2.70 bits per heavy atom. The van der Waals surface area contributed by atoms with Crippen molar-refractivity contribution in [2.24, 2.45) is 4.99 Å². The van der Waals surface area contributed by atoms with Crippen LogP contribution in [0.1, 0.15) is 10.4 Å². The molecule has 2 aliphatic heterocycles. The van der Waals surface area contributed by atoms with Crippen LogP contribution < -0.4 is 0 Å². The highest BCUT2D eigenvalue weighted by molar-refractivity contribution is 8.18. The fraction of sp³-hybridized carbons (Fsp3) is 0.429. The van der Waals surface area contributed by atoms with Crippen LogP contribution in [0, 0.1) is 6.92 Å². The number of carbonyl (C=O) groups excluding carboxylic acids is 1. The van der Waals surface area contributed by atoms with E-state index in [-0.39, 0.29) is 5.91 Å². The lowest BCUT2D eigenvalue weighted by Crippen LogP contribution is -2.46. The Balaban J connectivity index is 1.73. The minimum Gasteiger partial charge on any atom is -0.348 e. The van der Waals surface area contributed by atoms with Crippen molar-refractivity contribution in [2.45, 2.75) is 6.92 Å². The van der Waals surface area contributed by atoms with E-state index in [0.717, 1.165) is 41.1 Å². The maximum Gasteiger partial charge on any atom is 0.286 e. The largest absolute Gasteiger partial charge is 0.348 e. The molecule has 0 atom stereocenters. The number of nitrogens with zero attached hydrogens (tertiary/aromatic N) is 3. The van der Waals surface area contributed by atoms with Crippen molar-refractivity contribution in [3.63, 3.8) is 0 Å². The third kappa shape index (κ3) is 2.82. The van der Waals surface area contributed by atoms with E-state index in [2.05, 4.69) is 34.8 Å². The summed E-state index contributed by atoms with van der Waals surface area (Å²) in [6.07, 6.45) is 1.97. The minimum absolute atomic E-state index is 0.100. The maximum absolute atomic E-state index is 12.0. The minimum atomic E-state index is -0.100. The number of carbonyl (C=O) groups is 1. The van der Waals surface area contributed by atoms with Crippen LogP contribution in [0.15, 0.2) is 21.3 Å². The second-order valence-corrected chi connectivity index (χ2v) is 7.03. The molecule has 1 aromatic rings. The molecule has 2 aliphatic rings. The first-order valence-corrected chi connectivity index (χ1v) is 8.33. The van der Waals surface area contributed by atoms with Crippen LogP contribution in [0.25, 0.3) is 6.08 Å². The highest BCUT2D eigenvalue weighted by Crippen LogP contribution is 2.32. The molecule has 1 aromatic heterocycles. The number of amidine groups is 1. The molecule has 3 rings (SSSR count). The standard InChI is InChI=1S/C14H17N3OS2/c1-10-3-8-19-11(10)9-12-13(18)15-14(20-12)17-6-4-16(2)5-7-17/h3,8-9H,4-7H2,1-2H3. The van der Waals surface area contributed by atoms with Gasteiger partial charge >= 0.3 is 0 Å². The lowest BCUT2D eigenvalue weighted by atomic mass is 10.3. The second-order valence-electron chi connectivity index (χ2n) is 5.07. The summed E-state index contributed by atoms with van der Waals surface area (Å²) in [6, 6.07) is 2.07. The van der Waals surface area contributed by atoms with Crippen molar-refractivity contribution in [1.29, 1.82) is 0 Å². The normalized spacial score (nSPS) is 22.7. The Morgan fingerprint density at radius 1 is 1.30 bits per heavy atom. The molecule has 4 nitrogen and oxygen atoms in total. The number of amides is 1. The number of likely N-dealkylation sites (N-methyl/N-ethyl adjacent to an activating group) is 1. The molecule has 0 saturated carbocycles. The number of piperazine rings is 1. The molecule has 0 spiro atoms. The van der Waals surface area contributed by atoms with E-state index >= 15 is 0 Å². The third-order valence-electron chi connectivity index (χ3n) is 3.55. The molecule has 0 radical (unpaired) electrons. The van der Waals surface area contributed by atoms with Crippen LogP contribution in [0.5, 0.6) is 0 Å². The second kappa shape index (κ2) is 5.71. The van der Waals surface area contributed by atoms with Gasteiger partial charge in [-0.15, -0.1) is 11.3 Å². The molecule has 0 unspecified atom stereocenters. The maximum atomic E-state index is 12.0. The van der Waals surface area contributed by atoms with E-state index < -0.39 is 0 Å². The lowest BCUT2D eigenvalue weighted by Gasteiger charge is -2.32. The first-order valence-electron chi connectivity index (χ1n) is 6.63.